The zero-order valence-corrected chi connectivity index (χ0v) is 18.6. The van der Waals surface area contributed by atoms with Gasteiger partial charge in [0, 0.05) is 24.0 Å². The molecule has 0 fully saturated rings. The third-order valence-electron chi connectivity index (χ3n) is 4.44. The van der Waals surface area contributed by atoms with Crippen LogP contribution < -0.4 is 5.32 Å². The number of hydrogen-bond acceptors (Lipinski definition) is 5. The summed E-state index contributed by atoms with van der Waals surface area (Å²) in [6.45, 7) is 6.13. The van der Waals surface area contributed by atoms with E-state index < -0.39 is 0 Å². The number of benzene rings is 1. The lowest BCUT2D eigenvalue weighted by molar-refractivity contribution is -0.119. The van der Waals surface area contributed by atoms with Crippen molar-refractivity contribution in [3.05, 3.63) is 52.8 Å². The van der Waals surface area contributed by atoms with E-state index in [1.54, 1.807) is 24.5 Å². The second kappa shape index (κ2) is 9.61. The van der Waals surface area contributed by atoms with E-state index in [-0.39, 0.29) is 17.7 Å². The topological polar surface area (TPSA) is 72.7 Å². The van der Waals surface area contributed by atoms with Crippen LogP contribution in [0.5, 0.6) is 0 Å². The maximum Gasteiger partial charge on any atom is 0.230 e. The fourth-order valence-electron chi connectivity index (χ4n) is 2.49. The number of halogens is 2. The van der Waals surface area contributed by atoms with Gasteiger partial charge >= 0.3 is 0 Å². The van der Waals surface area contributed by atoms with Crippen LogP contribution in [-0.4, -0.2) is 37.5 Å². The Morgan fingerprint density at radius 1 is 1.17 bits per heavy atom. The number of nitrogens with one attached hydrogen (secondary N) is 1. The van der Waals surface area contributed by atoms with E-state index in [2.05, 4.69) is 34.3 Å². The molecule has 0 aliphatic heterocycles. The van der Waals surface area contributed by atoms with Gasteiger partial charge < -0.3 is 5.32 Å². The molecule has 0 spiro atoms. The first kappa shape index (κ1) is 21.6. The number of carbonyl (C=O) groups excluding carboxylic acids is 1. The number of carbonyl (C=O) groups is 1. The third kappa shape index (κ3) is 5.29. The lowest BCUT2D eigenvalue weighted by atomic mass is 10.1. The van der Waals surface area contributed by atoms with E-state index in [0.29, 0.717) is 26.9 Å². The Morgan fingerprint density at radius 2 is 1.97 bits per heavy atom. The molecule has 1 atom stereocenters. The van der Waals surface area contributed by atoms with E-state index in [1.165, 1.54) is 11.8 Å². The molecule has 3 aromatic rings. The molecule has 0 radical (unpaired) electrons. The van der Waals surface area contributed by atoms with Crippen LogP contribution in [0, 0.1) is 5.92 Å². The predicted octanol–water partition coefficient (Wildman–Crippen LogP) is 4.89. The van der Waals surface area contributed by atoms with Crippen molar-refractivity contribution in [3.63, 3.8) is 0 Å². The lowest BCUT2D eigenvalue weighted by Crippen LogP contribution is -2.37. The van der Waals surface area contributed by atoms with Crippen molar-refractivity contribution in [1.82, 2.24) is 25.1 Å². The number of aromatic nitrogens is 4. The van der Waals surface area contributed by atoms with Crippen LogP contribution in [0.1, 0.15) is 20.8 Å². The number of pyridine rings is 1. The summed E-state index contributed by atoms with van der Waals surface area (Å²) in [6, 6.07) is 9.13. The quantitative estimate of drug-likeness (QED) is 0.519. The van der Waals surface area contributed by atoms with Gasteiger partial charge in [-0.2, -0.15) is 0 Å². The average molecular weight is 450 g/mol. The molecule has 6 nitrogen and oxygen atoms in total. The molecular formula is C20H21Cl2N5OS. The fourth-order valence-corrected chi connectivity index (χ4v) is 3.55. The van der Waals surface area contributed by atoms with Gasteiger partial charge in [0.2, 0.25) is 5.91 Å². The molecule has 0 saturated carbocycles. The van der Waals surface area contributed by atoms with Crippen LogP contribution in [0.15, 0.2) is 47.9 Å². The molecule has 0 aliphatic carbocycles. The van der Waals surface area contributed by atoms with Gasteiger partial charge in [-0.15, -0.1) is 10.2 Å². The Kier molecular flexibility index (Phi) is 7.16. The maximum atomic E-state index is 12.3. The van der Waals surface area contributed by atoms with Crippen LogP contribution in [0.4, 0.5) is 0 Å². The summed E-state index contributed by atoms with van der Waals surface area (Å²) in [5, 5.41) is 13.1. The van der Waals surface area contributed by atoms with Crippen LogP contribution in [0.25, 0.3) is 17.1 Å². The Bertz CT molecular complexity index is 994. The van der Waals surface area contributed by atoms with Crippen molar-refractivity contribution in [2.75, 3.05) is 5.75 Å². The standard InChI is InChI=1S/C20H21Cl2N5OS/c1-12(2)13(3)24-18(28)11-29-20-26-25-19(14-5-4-8-23-10-14)27(20)15-6-7-16(21)17(22)9-15/h4-10,12-13H,11H2,1-3H3,(H,24,28). The number of nitrogens with zero attached hydrogens (tertiary/aromatic N) is 4. The highest BCUT2D eigenvalue weighted by atomic mass is 35.5. The van der Waals surface area contributed by atoms with Crippen molar-refractivity contribution < 1.29 is 4.79 Å². The SMILES string of the molecule is CC(C)C(C)NC(=O)CSc1nnc(-c2cccnc2)n1-c1ccc(Cl)c(Cl)c1. The summed E-state index contributed by atoms with van der Waals surface area (Å²) in [6.07, 6.45) is 3.41. The molecule has 29 heavy (non-hydrogen) atoms. The molecule has 1 aromatic carbocycles. The average Bonchev–Trinajstić information content (AvgIpc) is 3.13. The first-order valence-corrected chi connectivity index (χ1v) is 10.8. The highest BCUT2D eigenvalue weighted by Gasteiger charge is 2.19. The van der Waals surface area contributed by atoms with Gasteiger partial charge in [0.15, 0.2) is 11.0 Å². The Balaban J connectivity index is 1.92. The first-order valence-electron chi connectivity index (χ1n) is 9.10. The molecule has 0 bridgehead atoms. The summed E-state index contributed by atoms with van der Waals surface area (Å²) in [4.78, 5) is 16.5. The van der Waals surface area contributed by atoms with E-state index >= 15 is 0 Å². The monoisotopic (exact) mass is 449 g/mol. The lowest BCUT2D eigenvalue weighted by Gasteiger charge is -2.17. The smallest absolute Gasteiger partial charge is 0.230 e. The molecule has 3 rings (SSSR count). The molecule has 0 saturated heterocycles. The zero-order valence-electron chi connectivity index (χ0n) is 16.3. The van der Waals surface area contributed by atoms with Gasteiger partial charge in [0.05, 0.1) is 21.5 Å². The number of amides is 1. The maximum absolute atomic E-state index is 12.3. The summed E-state index contributed by atoms with van der Waals surface area (Å²) in [5.74, 6) is 1.14. The molecule has 9 heteroatoms. The van der Waals surface area contributed by atoms with Gasteiger partial charge in [-0.25, -0.2) is 0 Å². The first-order chi connectivity index (χ1) is 13.9. The minimum atomic E-state index is -0.0529. The number of rotatable bonds is 7. The predicted molar refractivity (Wildman–Crippen MR) is 118 cm³/mol. The van der Waals surface area contributed by atoms with Crippen molar-refractivity contribution >= 4 is 40.9 Å². The molecule has 152 valence electrons. The zero-order chi connectivity index (χ0) is 21.0. The largest absolute Gasteiger partial charge is 0.353 e. The number of hydrogen-bond donors (Lipinski definition) is 1. The summed E-state index contributed by atoms with van der Waals surface area (Å²) in [5.41, 5.74) is 1.55. The fraction of sp³-hybridized carbons (Fsp3) is 0.300. The van der Waals surface area contributed by atoms with E-state index in [1.807, 2.05) is 29.7 Å². The van der Waals surface area contributed by atoms with Crippen LogP contribution >= 0.6 is 35.0 Å². The summed E-state index contributed by atoms with van der Waals surface area (Å²) >= 11 is 13.6. The van der Waals surface area contributed by atoms with Gasteiger partial charge in [-0.1, -0.05) is 48.8 Å². The van der Waals surface area contributed by atoms with E-state index in [0.717, 1.165) is 11.3 Å². The molecular weight excluding hydrogens is 429 g/mol. The summed E-state index contributed by atoms with van der Waals surface area (Å²) in [7, 11) is 0. The van der Waals surface area contributed by atoms with E-state index in [9.17, 15) is 4.79 Å². The third-order valence-corrected chi connectivity index (χ3v) is 6.10. The van der Waals surface area contributed by atoms with Crippen LogP contribution in [0.2, 0.25) is 10.0 Å². The molecule has 2 heterocycles. The van der Waals surface area contributed by atoms with Gasteiger partial charge in [0.25, 0.3) is 0 Å². The van der Waals surface area contributed by atoms with Crippen molar-refractivity contribution in [3.8, 4) is 17.1 Å². The second-order valence-corrected chi connectivity index (χ2v) is 8.63. The normalized spacial score (nSPS) is 12.2. The minimum Gasteiger partial charge on any atom is -0.353 e. The van der Waals surface area contributed by atoms with Crippen molar-refractivity contribution in [2.24, 2.45) is 5.92 Å². The minimum absolute atomic E-state index is 0.0529. The van der Waals surface area contributed by atoms with Crippen molar-refractivity contribution in [2.45, 2.75) is 32.0 Å². The highest BCUT2D eigenvalue weighted by molar-refractivity contribution is 7.99. The highest BCUT2D eigenvalue weighted by Crippen LogP contribution is 2.31. The number of thioether (sulfide) groups is 1. The Morgan fingerprint density at radius 3 is 2.62 bits per heavy atom. The molecule has 0 aliphatic rings. The van der Waals surface area contributed by atoms with Crippen molar-refractivity contribution in [1.29, 1.82) is 0 Å². The summed E-state index contributed by atoms with van der Waals surface area (Å²) < 4.78 is 1.85. The van der Waals surface area contributed by atoms with Gasteiger partial charge in [-0.3, -0.25) is 14.3 Å². The molecule has 1 N–H and O–H groups in total. The van der Waals surface area contributed by atoms with Gasteiger partial charge in [-0.05, 0) is 43.2 Å². The second-order valence-electron chi connectivity index (χ2n) is 6.87. The molecule has 2 aromatic heterocycles. The Labute approximate surface area is 184 Å². The van der Waals surface area contributed by atoms with Crippen LogP contribution in [-0.2, 0) is 4.79 Å². The van der Waals surface area contributed by atoms with Crippen LogP contribution in [0.3, 0.4) is 0 Å². The van der Waals surface area contributed by atoms with Gasteiger partial charge in [0.1, 0.15) is 0 Å². The molecule has 1 unspecified atom stereocenters. The molecule has 1 amide bonds. The Hall–Kier alpha value is -2.09. The van der Waals surface area contributed by atoms with E-state index in [4.69, 9.17) is 23.2 Å².